The Morgan fingerprint density at radius 2 is 1.68 bits per heavy atom. The van der Waals surface area contributed by atoms with Gasteiger partial charge in [0.1, 0.15) is 0 Å². The number of nitrogens with zero attached hydrogens (tertiary/aromatic N) is 2. The van der Waals surface area contributed by atoms with Gasteiger partial charge < -0.3 is 39.1 Å². The molecule has 12 nitrogen and oxygen atoms in total. The first-order valence-corrected chi connectivity index (χ1v) is 14.4. The van der Waals surface area contributed by atoms with Crippen LogP contribution in [-0.2, 0) is 16.0 Å². The molecule has 1 saturated heterocycles. The molecule has 0 radical (unpaired) electrons. The Kier molecular flexibility index (Phi) is 9.07. The minimum Gasteiger partial charge on any atom is -0.493 e. The molecule has 1 aromatic heterocycles. The van der Waals surface area contributed by atoms with Crippen molar-refractivity contribution in [2.45, 2.75) is 25.8 Å². The van der Waals surface area contributed by atoms with Gasteiger partial charge >= 0.3 is 0 Å². The van der Waals surface area contributed by atoms with E-state index in [0.29, 0.717) is 67.4 Å². The lowest BCUT2D eigenvalue weighted by Gasteiger charge is -2.34. The van der Waals surface area contributed by atoms with Crippen molar-refractivity contribution in [3.05, 3.63) is 69.8 Å². The van der Waals surface area contributed by atoms with E-state index in [-0.39, 0.29) is 41.1 Å². The third-order valence-electron chi connectivity index (χ3n) is 8.00. The van der Waals surface area contributed by atoms with Gasteiger partial charge in [-0.05, 0) is 59.9 Å². The maximum atomic E-state index is 13.5. The zero-order chi connectivity index (χ0) is 31.4. The smallest absolute Gasteiger partial charge is 0.289 e. The molecule has 0 spiro atoms. The second-order valence-electron chi connectivity index (χ2n) is 10.6. The Bertz CT molecular complexity index is 1610. The van der Waals surface area contributed by atoms with E-state index in [1.807, 2.05) is 6.07 Å². The molecule has 2 heterocycles. The molecule has 232 valence electrons. The minimum absolute atomic E-state index is 0.101. The van der Waals surface area contributed by atoms with Crippen LogP contribution >= 0.6 is 0 Å². The number of furan rings is 1. The summed E-state index contributed by atoms with van der Waals surface area (Å²) in [6.07, 6.45) is 2.58. The predicted octanol–water partition coefficient (Wildman–Crippen LogP) is 2.85. The van der Waals surface area contributed by atoms with E-state index in [2.05, 4.69) is 10.6 Å². The molecule has 1 atom stereocenters. The third-order valence-corrected chi connectivity index (χ3v) is 8.00. The molecule has 0 bridgehead atoms. The third kappa shape index (κ3) is 6.05. The molecule has 5 rings (SSSR count). The van der Waals surface area contributed by atoms with Gasteiger partial charge in [-0.15, -0.1) is 0 Å². The molecular formula is C32H36N4O8. The first-order valence-electron chi connectivity index (χ1n) is 14.4. The van der Waals surface area contributed by atoms with Crippen molar-refractivity contribution in [2.75, 3.05) is 59.4 Å². The molecular weight excluding hydrogens is 568 g/mol. The minimum atomic E-state index is -0.439. The van der Waals surface area contributed by atoms with Gasteiger partial charge in [0.25, 0.3) is 5.91 Å². The second kappa shape index (κ2) is 13.1. The van der Waals surface area contributed by atoms with Crippen LogP contribution in [0.3, 0.4) is 0 Å². The van der Waals surface area contributed by atoms with E-state index >= 15 is 0 Å². The number of carbonyl (C=O) groups excluding carboxylic acids is 3. The normalized spacial score (nSPS) is 15.8. The number of nitrogens with one attached hydrogen (secondary N) is 2. The van der Waals surface area contributed by atoms with Gasteiger partial charge in [0.05, 0.1) is 45.9 Å². The number of rotatable bonds is 8. The van der Waals surface area contributed by atoms with Gasteiger partial charge in [-0.25, -0.2) is 0 Å². The van der Waals surface area contributed by atoms with E-state index in [1.54, 1.807) is 48.3 Å². The fourth-order valence-electron chi connectivity index (χ4n) is 5.85. The topological polar surface area (TPSA) is 140 Å². The summed E-state index contributed by atoms with van der Waals surface area (Å²) in [5.41, 5.74) is 2.90. The molecule has 44 heavy (non-hydrogen) atoms. The van der Waals surface area contributed by atoms with Gasteiger partial charge in [0, 0.05) is 38.7 Å². The van der Waals surface area contributed by atoms with Gasteiger partial charge in [-0.3, -0.25) is 19.2 Å². The summed E-state index contributed by atoms with van der Waals surface area (Å²) >= 11 is 0. The van der Waals surface area contributed by atoms with Crippen LogP contribution in [0.2, 0.25) is 0 Å². The summed E-state index contributed by atoms with van der Waals surface area (Å²) in [6.45, 7) is 2.84. The van der Waals surface area contributed by atoms with Crippen LogP contribution in [0.15, 0.2) is 51.9 Å². The van der Waals surface area contributed by atoms with Crippen LogP contribution in [-0.4, -0.2) is 81.6 Å². The number of ether oxygens (including phenoxy) is 3. The molecule has 3 aromatic rings. The molecule has 12 heteroatoms. The van der Waals surface area contributed by atoms with E-state index in [4.69, 9.17) is 18.6 Å². The van der Waals surface area contributed by atoms with Crippen LogP contribution in [0.25, 0.3) is 11.1 Å². The number of aryl methyl sites for hydroxylation is 1. The highest BCUT2D eigenvalue weighted by atomic mass is 16.5. The summed E-state index contributed by atoms with van der Waals surface area (Å²) in [5.74, 6) is 1.04. The van der Waals surface area contributed by atoms with Crippen LogP contribution in [0.5, 0.6) is 17.2 Å². The van der Waals surface area contributed by atoms with Crippen molar-refractivity contribution in [1.29, 1.82) is 0 Å². The maximum absolute atomic E-state index is 13.5. The van der Waals surface area contributed by atoms with E-state index in [1.165, 1.54) is 26.4 Å². The average molecular weight is 605 g/mol. The highest BCUT2D eigenvalue weighted by Gasteiger charge is 2.30. The zero-order valence-corrected chi connectivity index (χ0v) is 25.2. The number of carbonyl (C=O) groups is 3. The number of benzene rings is 1. The molecule has 0 saturated carbocycles. The fourth-order valence-corrected chi connectivity index (χ4v) is 5.85. The summed E-state index contributed by atoms with van der Waals surface area (Å²) in [5, 5.41) is 6.00. The number of hydrogen-bond acceptors (Lipinski definition) is 9. The van der Waals surface area contributed by atoms with E-state index in [0.717, 1.165) is 11.1 Å². The van der Waals surface area contributed by atoms with Gasteiger partial charge in [-0.2, -0.15) is 0 Å². The van der Waals surface area contributed by atoms with Crippen LogP contribution in [0.1, 0.15) is 41.1 Å². The Hall–Kier alpha value is -5.00. The lowest BCUT2D eigenvalue weighted by Crippen LogP contribution is -2.51. The molecule has 3 amide bonds. The lowest BCUT2D eigenvalue weighted by molar-refractivity contribution is -0.130. The SMILES string of the molecule is COc1cc2c(c(OC)c1OC)-c1ccc(NCC(=O)N3CCN(C(=O)c4ccco4)CC3)c(=O)cc1[C@@H](NC(C)=O)CC2. The quantitative estimate of drug-likeness (QED) is 0.397. The number of hydrogen-bond donors (Lipinski definition) is 2. The van der Waals surface area contributed by atoms with Gasteiger partial charge in [0.15, 0.2) is 17.3 Å². The average Bonchev–Trinajstić information content (AvgIpc) is 3.47. The van der Waals surface area contributed by atoms with Crippen LogP contribution in [0.4, 0.5) is 5.69 Å². The number of fused-ring (bicyclic) bond motifs is 3. The van der Waals surface area contributed by atoms with Crippen molar-refractivity contribution in [1.82, 2.24) is 15.1 Å². The Morgan fingerprint density at radius 1 is 0.955 bits per heavy atom. The number of piperazine rings is 1. The summed E-state index contributed by atoms with van der Waals surface area (Å²) in [4.78, 5) is 54.6. The Balaban J connectivity index is 1.41. The molecule has 2 N–H and O–H groups in total. The van der Waals surface area contributed by atoms with E-state index in [9.17, 15) is 19.2 Å². The largest absolute Gasteiger partial charge is 0.493 e. The molecule has 1 fully saturated rings. The Morgan fingerprint density at radius 3 is 2.32 bits per heavy atom. The first-order chi connectivity index (χ1) is 21.2. The summed E-state index contributed by atoms with van der Waals surface area (Å²) in [6, 6.07) is 9.68. The number of anilines is 1. The van der Waals surface area contributed by atoms with Crippen molar-refractivity contribution < 1.29 is 33.0 Å². The zero-order valence-electron chi connectivity index (χ0n) is 25.2. The lowest BCUT2D eigenvalue weighted by atomic mass is 9.95. The molecule has 0 unspecified atom stereocenters. The molecule has 2 aromatic carbocycles. The highest BCUT2D eigenvalue weighted by molar-refractivity contribution is 5.91. The van der Waals surface area contributed by atoms with Crippen molar-refractivity contribution in [3.8, 4) is 28.4 Å². The van der Waals surface area contributed by atoms with E-state index < -0.39 is 6.04 Å². The van der Waals surface area contributed by atoms with Crippen LogP contribution in [0, 0.1) is 0 Å². The summed E-state index contributed by atoms with van der Waals surface area (Å²) < 4.78 is 22.2. The predicted molar refractivity (Wildman–Crippen MR) is 162 cm³/mol. The highest BCUT2D eigenvalue weighted by Crippen LogP contribution is 2.50. The number of amides is 3. The fraction of sp³-hybridized carbons (Fsp3) is 0.375. The Labute approximate surface area is 254 Å². The van der Waals surface area contributed by atoms with Crippen molar-refractivity contribution >= 4 is 23.4 Å². The maximum Gasteiger partial charge on any atom is 0.289 e. The van der Waals surface area contributed by atoms with Crippen molar-refractivity contribution in [3.63, 3.8) is 0 Å². The molecule has 2 aliphatic rings. The van der Waals surface area contributed by atoms with Crippen molar-refractivity contribution in [2.24, 2.45) is 0 Å². The van der Waals surface area contributed by atoms with Gasteiger partial charge in [-0.1, -0.05) is 6.07 Å². The first kappa shape index (κ1) is 30.5. The standard InChI is InChI=1S/C32H36N4O8/c1-19(37)34-23-9-7-20-16-27(41-2)30(42-3)31(43-4)29(20)21-8-10-24(25(38)17-22(21)23)33-18-28(39)35-11-13-36(14-12-35)32(40)26-6-5-15-44-26/h5-6,8,10,15-17,23H,7,9,11-14,18H2,1-4H3,(H,33,38)(H,34,37)/t23-/m0/s1. The number of methoxy groups -OCH3 is 3. The van der Waals surface area contributed by atoms with Gasteiger partial charge in [0.2, 0.25) is 23.0 Å². The monoisotopic (exact) mass is 604 g/mol. The summed E-state index contributed by atoms with van der Waals surface area (Å²) in [7, 11) is 4.62. The van der Waals surface area contributed by atoms with Crippen LogP contribution < -0.4 is 30.3 Å². The molecule has 1 aliphatic heterocycles. The second-order valence-corrected chi connectivity index (χ2v) is 10.6. The molecule has 1 aliphatic carbocycles.